The van der Waals surface area contributed by atoms with Crippen LogP contribution in [0.4, 0.5) is 10.1 Å². The van der Waals surface area contributed by atoms with Gasteiger partial charge in [-0.05, 0) is 72.7 Å². The van der Waals surface area contributed by atoms with Crippen LogP contribution < -0.4 is 10.1 Å². The molecule has 3 nitrogen and oxygen atoms in total. The van der Waals surface area contributed by atoms with Gasteiger partial charge in [0, 0.05) is 12.7 Å². The molecule has 0 amide bonds. The first-order chi connectivity index (χ1) is 13.1. The van der Waals surface area contributed by atoms with Gasteiger partial charge in [-0.25, -0.2) is 4.39 Å². The summed E-state index contributed by atoms with van der Waals surface area (Å²) in [6.07, 6.45) is 1.27. The number of hydrogen-bond donors (Lipinski definition) is 1. The molecule has 0 heterocycles. The van der Waals surface area contributed by atoms with Crippen LogP contribution in [0.15, 0.2) is 30.3 Å². The molecule has 2 aromatic rings. The first kappa shape index (κ1) is 25.6. The molecule has 2 rings (SSSR count). The third-order valence-electron chi connectivity index (χ3n) is 4.44. The van der Waals surface area contributed by atoms with Gasteiger partial charge in [-0.1, -0.05) is 40.2 Å². The molecule has 156 valence electrons. The summed E-state index contributed by atoms with van der Waals surface area (Å²) in [6.45, 7) is 17.2. The fourth-order valence-electron chi connectivity index (χ4n) is 2.36. The van der Waals surface area contributed by atoms with Crippen molar-refractivity contribution in [3.05, 3.63) is 58.4 Å². The van der Waals surface area contributed by atoms with E-state index in [0.29, 0.717) is 17.6 Å². The van der Waals surface area contributed by atoms with E-state index in [2.05, 4.69) is 33.0 Å². The van der Waals surface area contributed by atoms with Crippen LogP contribution in [0.25, 0.3) is 0 Å². The number of carbonyl (C=O) groups is 1. The van der Waals surface area contributed by atoms with Gasteiger partial charge >= 0.3 is 0 Å². The minimum absolute atomic E-state index is 0.182. The van der Waals surface area contributed by atoms with Crippen LogP contribution in [0, 0.1) is 32.0 Å². The van der Waals surface area contributed by atoms with Crippen molar-refractivity contribution in [2.24, 2.45) is 5.41 Å². The first-order valence-electron chi connectivity index (χ1n) is 9.53. The van der Waals surface area contributed by atoms with Crippen molar-refractivity contribution < 1.29 is 13.9 Å². The van der Waals surface area contributed by atoms with E-state index in [0.717, 1.165) is 28.1 Å². The number of benzene rings is 2. The smallest absolute Gasteiger partial charge is 0.126 e. The number of aryl methyl sites for hydroxylation is 3. The standard InChI is InChI=1S/C17H20FNO.C6H14.CH2O/c1-11-7-14(5-6-16(11)18)10-20-15-8-12(2)17(19-4)13(3)9-15;1-5-6(2,3)4;1-2/h5-9,19H,10H2,1-4H3;5H2,1-4H3;1H2. The highest BCUT2D eigenvalue weighted by molar-refractivity contribution is 5.59. The summed E-state index contributed by atoms with van der Waals surface area (Å²) in [5.74, 6) is 0.653. The monoisotopic (exact) mass is 389 g/mol. The van der Waals surface area contributed by atoms with Crippen molar-refractivity contribution in [3.8, 4) is 5.75 Å². The number of hydrogen-bond acceptors (Lipinski definition) is 3. The number of carbonyl (C=O) groups excluding carboxylic acids is 1. The Morgan fingerprint density at radius 3 is 1.89 bits per heavy atom. The molecule has 0 saturated carbocycles. The lowest BCUT2D eigenvalue weighted by molar-refractivity contribution is -0.0979. The molecule has 0 unspecified atom stereocenters. The molecule has 28 heavy (non-hydrogen) atoms. The number of nitrogens with one attached hydrogen (secondary N) is 1. The zero-order valence-corrected chi connectivity index (χ0v) is 18.7. The molecule has 1 N–H and O–H groups in total. The maximum absolute atomic E-state index is 13.2. The number of ether oxygens (including phenoxy) is 1. The highest BCUT2D eigenvalue weighted by atomic mass is 19.1. The van der Waals surface area contributed by atoms with Gasteiger partial charge in [0.2, 0.25) is 0 Å². The molecule has 0 aliphatic heterocycles. The van der Waals surface area contributed by atoms with E-state index in [4.69, 9.17) is 9.53 Å². The van der Waals surface area contributed by atoms with Crippen LogP contribution in [0.2, 0.25) is 0 Å². The number of rotatable bonds is 4. The molecule has 4 heteroatoms. The number of anilines is 1. The molecular formula is C24H36FNO2. The van der Waals surface area contributed by atoms with Crippen molar-refractivity contribution in [1.29, 1.82) is 0 Å². The van der Waals surface area contributed by atoms with Gasteiger partial charge in [0.1, 0.15) is 25.0 Å². The molecule has 0 aliphatic rings. The summed E-state index contributed by atoms with van der Waals surface area (Å²) in [7, 11) is 1.91. The van der Waals surface area contributed by atoms with E-state index >= 15 is 0 Å². The molecule has 0 atom stereocenters. The lowest BCUT2D eigenvalue weighted by Crippen LogP contribution is -2.00. The van der Waals surface area contributed by atoms with Crippen molar-refractivity contribution in [1.82, 2.24) is 0 Å². The Balaban J connectivity index is 0.000000780. The van der Waals surface area contributed by atoms with E-state index in [-0.39, 0.29) is 5.82 Å². The minimum atomic E-state index is -0.182. The number of halogens is 1. The second kappa shape index (κ2) is 12.2. The second-order valence-corrected chi connectivity index (χ2v) is 7.97. The molecule has 0 fully saturated rings. The summed E-state index contributed by atoms with van der Waals surface area (Å²) in [6, 6.07) is 9.07. The first-order valence-corrected chi connectivity index (χ1v) is 9.53. The van der Waals surface area contributed by atoms with Crippen molar-refractivity contribution in [2.45, 2.75) is 61.5 Å². The normalized spacial score (nSPS) is 10.2. The minimum Gasteiger partial charge on any atom is -0.489 e. The quantitative estimate of drug-likeness (QED) is 0.638. The lowest BCUT2D eigenvalue weighted by Gasteiger charge is -2.13. The van der Waals surface area contributed by atoms with Gasteiger partial charge in [0.25, 0.3) is 0 Å². The maximum Gasteiger partial charge on any atom is 0.126 e. The molecular weight excluding hydrogens is 353 g/mol. The van der Waals surface area contributed by atoms with E-state index < -0.39 is 0 Å². The van der Waals surface area contributed by atoms with Crippen molar-refractivity contribution >= 4 is 12.5 Å². The fourth-order valence-corrected chi connectivity index (χ4v) is 2.36. The lowest BCUT2D eigenvalue weighted by atomic mass is 9.94. The Bertz CT molecular complexity index is 713. The Morgan fingerprint density at radius 2 is 1.50 bits per heavy atom. The Kier molecular flexibility index (Phi) is 11.1. The van der Waals surface area contributed by atoms with Crippen LogP contribution in [0.5, 0.6) is 5.75 Å². The highest BCUT2D eigenvalue weighted by Crippen LogP contribution is 2.26. The molecule has 0 aromatic heterocycles. The SMILES string of the molecule is C=O.CCC(C)(C)C.CNc1c(C)cc(OCc2ccc(F)c(C)c2)cc1C. The van der Waals surface area contributed by atoms with Crippen LogP contribution >= 0.6 is 0 Å². The molecule has 0 aliphatic carbocycles. The molecule has 0 radical (unpaired) electrons. The van der Waals surface area contributed by atoms with E-state index in [1.165, 1.54) is 12.5 Å². The average Bonchev–Trinajstić information content (AvgIpc) is 2.64. The van der Waals surface area contributed by atoms with Crippen LogP contribution in [-0.2, 0) is 11.4 Å². The van der Waals surface area contributed by atoms with Crippen LogP contribution in [-0.4, -0.2) is 13.8 Å². The van der Waals surface area contributed by atoms with Gasteiger partial charge < -0.3 is 14.8 Å². The summed E-state index contributed by atoms with van der Waals surface area (Å²) < 4.78 is 19.0. The fraction of sp³-hybridized carbons (Fsp3) is 0.458. The van der Waals surface area contributed by atoms with Gasteiger partial charge in [-0.15, -0.1) is 0 Å². The summed E-state index contributed by atoms with van der Waals surface area (Å²) >= 11 is 0. The largest absolute Gasteiger partial charge is 0.489 e. The van der Waals surface area contributed by atoms with E-state index in [9.17, 15) is 4.39 Å². The zero-order valence-electron chi connectivity index (χ0n) is 18.7. The van der Waals surface area contributed by atoms with E-state index in [1.54, 1.807) is 13.0 Å². The average molecular weight is 390 g/mol. The molecule has 0 bridgehead atoms. The van der Waals surface area contributed by atoms with Crippen molar-refractivity contribution in [3.63, 3.8) is 0 Å². The Hall–Kier alpha value is -2.36. The van der Waals surface area contributed by atoms with Crippen molar-refractivity contribution in [2.75, 3.05) is 12.4 Å². The van der Waals surface area contributed by atoms with Crippen LogP contribution in [0.1, 0.15) is 56.4 Å². The summed E-state index contributed by atoms with van der Waals surface area (Å²) in [4.78, 5) is 8.00. The second-order valence-electron chi connectivity index (χ2n) is 7.97. The maximum atomic E-state index is 13.2. The highest BCUT2D eigenvalue weighted by Gasteiger charge is 2.05. The molecule has 0 spiro atoms. The topological polar surface area (TPSA) is 38.3 Å². The van der Waals surface area contributed by atoms with Gasteiger partial charge in [0.15, 0.2) is 0 Å². The third-order valence-corrected chi connectivity index (χ3v) is 4.44. The van der Waals surface area contributed by atoms with Gasteiger partial charge in [-0.3, -0.25) is 0 Å². The van der Waals surface area contributed by atoms with E-state index in [1.807, 2.05) is 45.9 Å². The summed E-state index contributed by atoms with van der Waals surface area (Å²) in [5, 5.41) is 3.18. The van der Waals surface area contributed by atoms with Gasteiger partial charge in [0.05, 0.1) is 0 Å². The molecule has 0 saturated heterocycles. The third kappa shape index (κ3) is 9.03. The Labute approximate surface area is 170 Å². The summed E-state index contributed by atoms with van der Waals surface area (Å²) in [5.41, 5.74) is 5.59. The zero-order chi connectivity index (χ0) is 21.9. The predicted molar refractivity (Wildman–Crippen MR) is 118 cm³/mol. The van der Waals surface area contributed by atoms with Crippen LogP contribution in [0.3, 0.4) is 0 Å². The predicted octanol–water partition coefficient (Wildman–Crippen LogP) is 6.63. The molecule has 2 aromatic carbocycles. The van der Waals surface area contributed by atoms with Gasteiger partial charge in [-0.2, -0.15) is 0 Å². The Morgan fingerprint density at radius 1 is 1.00 bits per heavy atom.